The van der Waals surface area contributed by atoms with Crippen molar-refractivity contribution in [2.24, 2.45) is 5.92 Å². The van der Waals surface area contributed by atoms with Crippen LogP contribution in [0.4, 0.5) is 24.8 Å². The van der Waals surface area contributed by atoms with Crippen LogP contribution in [0.15, 0.2) is 36.7 Å². The Hall–Kier alpha value is -2.64. The number of aryl methyl sites for hydroxylation is 1. The Morgan fingerprint density at radius 3 is 2.50 bits per heavy atom. The van der Waals surface area contributed by atoms with Gasteiger partial charge in [0, 0.05) is 31.4 Å². The first-order valence-corrected chi connectivity index (χ1v) is 8.34. The summed E-state index contributed by atoms with van der Waals surface area (Å²) in [7, 11) is 0. The number of carbonyl (C=O) groups is 1. The minimum Gasteiger partial charge on any atom is -0.357 e. The number of hydrogen-bond donors (Lipinski definition) is 1. The van der Waals surface area contributed by atoms with E-state index in [1.807, 2.05) is 17.9 Å². The molecule has 1 amide bonds. The summed E-state index contributed by atoms with van der Waals surface area (Å²) in [6.07, 6.45) is -0.678. The normalized spacial score (nSPS) is 15.8. The molecule has 0 bridgehead atoms. The molecule has 1 aliphatic heterocycles. The van der Waals surface area contributed by atoms with Gasteiger partial charge < -0.3 is 10.2 Å². The smallest absolute Gasteiger partial charge is 0.357 e. The third-order valence-corrected chi connectivity index (χ3v) is 4.43. The number of hydrogen-bond acceptors (Lipinski definition) is 4. The SMILES string of the molecule is Cc1ccnc(NC(=O)C2CCN(c3ccc(C(F)(F)F)cn3)CC2)c1. The van der Waals surface area contributed by atoms with E-state index < -0.39 is 11.7 Å². The largest absolute Gasteiger partial charge is 0.417 e. The Labute approximate surface area is 149 Å². The number of aromatic nitrogens is 2. The maximum atomic E-state index is 12.6. The van der Waals surface area contributed by atoms with Gasteiger partial charge in [0.2, 0.25) is 5.91 Å². The molecule has 2 aromatic rings. The van der Waals surface area contributed by atoms with E-state index in [0.29, 0.717) is 37.6 Å². The number of piperidine rings is 1. The number of pyridine rings is 2. The zero-order valence-electron chi connectivity index (χ0n) is 14.3. The zero-order chi connectivity index (χ0) is 18.7. The predicted molar refractivity (Wildman–Crippen MR) is 91.8 cm³/mol. The van der Waals surface area contributed by atoms with E-state index in [-0.39, 0.29) is 11.8 Å². The molecule has 8 heteroatoms. The molecular formula is C18H19F3N4O. The van der Waals surface area contributed by atoms with Crippen molar-refractivity contribution in [2.75, 3.05) is 23.3 Å². The lowest BCUT2D eigenvalue weighted by atomic mass is 9.96. The van der Waals surface area contributed by atoms with Gasteiger partial charge in [-0.2, -0.15) is 13.2 Å². The summed E-state index contributed by atoms with van der Waals surface area (Å²) in [6, 6.07) is 6.06. The highest BCUT2D eigenvalue weighted by atomic mass is 19.4. The molecule has 2 aromatic heterocycles. The van der Waals surface area contributed by atoms with Gasteiger partial charge in [-0.05, 0) is 49.6 Å². The van der Waals surface area contributed by atoms with E-state index >= 15 is 0 Å². The fourth-order valence-electron chi connectivity index (χ4n) is 2.94. The molecule has 3 rings (SSSR count). The first kappa shape index (κ1) is 18.2. The van der Waals surface area contributed by atoms with Gasteiger partial charge in [-0.3, -0.25) is 4.79 Å². The minimum absolute atomic E-state index is 0.0804. The summed E-state index contributed by atoms with van der Waals surface area (Å²) in [5.41, 5.74) is 0.250. The number of nitrogens with one attached hydrogen (secondary N) is 1. The summed E-state index contributed by atoms with van der Waals surface area (Å²) in [5.74, 6) is 0.796. The van der Waals surface area contributed by atoms with Crippen molar-refractivity contribution in [1.29, 1.82) is 0 Å². The minimum atomic E-state index is -4.39. The molecule has 3 heterocycles. The third kappa shape index (κ3) is 4.30. The summed E-state index contributed by atoms with van der Waals surface area (Å²) in [4.78, 5) is 22.3. The quantitative estimate of drug-likeness (QED) is 0.903. The summed E-state index contributed by atoms with van der Waals surface area (Å²) in [5, 5.41) is 2.82. The third-order valence-electron chi connectivity index (χ3n) is 4.43. The van der Waals surface area contributed by atoms with Crippen LogP contribution >= 0.6 is 0 Å². The maximum Gasteiger partial charge on any atom is 0.417 e. The van der Waals surface area contributed by atoms with E-state index in [2.05, 4.69) is 15.3 Å². The van der Waals surface area contributed by atoms with Crippen LogP contribution in [-0.4, -0.2) is 29.0 Å². The molecule has 1 aliphatic rings. The second-order valence-corrected chi connectivity index (χ2v) is 6.37. The van der Waals surface area contributed by atoms with Crippen LogP contribution in [0.25, 0.3) is 0 Å². The van der Waals surface area contributed by atoms with E-state index in [0.717, 1.165) is 17.8 Å². The summed E-state index contributed by atoms with van der Waals surface area (Å²) >= 11 is 0. The number of amides is 1. The van der Waals surface area contributed by atoms with E-state index in [1.165, 1.54) is 6.07 Å². The molecule has 138 valence electrons. The molecule has 1 N–H and O–H groups in total. The topological polar surface area (TPSA) is 58.1 Å². The van der Waals surface area contributed by atoms with Gasteiger partial charge in [-0.1, -0.05) is 0 Å². The maximum absolute atomic E-state index is 12.6. The second-order valence-electron chi connectivity index (χ2n) is 6.37. The average molecular weight is 364 g/mol. The van der Waals surface area contributed by atoms with E-state index in [1.54, 1.807) is 12.3 Å². The van der Waals surface area contributed by atoms with Crippen molar-refractivity contribution in [1.82, 2.24) is 9.97 Å². The number of anilines is 2. The lowest BCUT2D eigenvalue weighted by Crippen LogP contribution is -2.38. The van der Waals surface area contributed by atoms with Gasteiger partial charge in [0.05, 0.1) is 5.56 Å². The first-order chi connectivity index (χ1) is 12.3. The molecule has 0 aromatic carbocycles. The van der Waals surface area contributed by atoms with Crippen LogP contribution in [0.3, 0.4) is 0 Å². The van der Waals surface area contributed by atoms with Crippen LogP contribution in [0.1, 0.15) is 24.0 Å². The number of halogens is 3. The Morgan fingerprint density at radius 1 is 1.19 bits per heavy atom. The molecule has 0 aliphatic carbocycles. The van der Waals surface area contributed by atoms with Crippen LogP contribution in [-0.2, 0) is 11.0 Å². The number of alkyl halides is 3. The van der Waals surface area contributed by atoms with Crippen molar-refractivity contribution < 1.29 is 18.0 Å². The van der Waals surface area contributed by atoms with Crippen molar-refractivity contribution in [3.63, 3.8) is 0 Å². The number of nitrogens with zero attached hydrogens (tertiary/aromatic N) is 3. The number of rotatable bonds is 3. The molecule has 26 heavy (non-hydrogen) atoms. The molecule has 0 saturated carbocycles. The molecule has 0 atom stereocenters. The van der Waals surface area contributed by atoms with Gasteiger partial charge >= 0.3 is 6.18 Å². The summed E-state index contributed by atoms with van der Waals surface area (Å²) in [6.45, 7) is 3.06. The van der Waals surface area contributed by atoms with E-state index in [9.17, 15) is 18.0 Å². The van der Waals surface area contributed by atoms with Gasteiger partial charge in [-0.25, -0.2) is 9.97 Å². The lowest BCUT2D eigenvalue weighted by Gasteiger charge is -2.32. The van der Waals surface area contributed by atoms with Gasteiger partial charge in [-0.15, -0.1) is 0 Å². The molecule has 0 spiro atoms. The molecule has 0 unspecified atom stereocenters. The van der Waals surface area contributed by atoms with Crippen LogP contribution in [0, 0.1) is 12.8 Å². The monoisotopic (exact) mass is 364 g/mol. The van der Waals surface area contributed by atoms with Crippen LogP contribution < -0.4 is 10.2 Å². The van der Waals surface area contributed by atoms with Gasteiger partial charge in [0.25, 0.3) is 0 Å². The molecule has 0 radical (unpaired) electrons. The summed E-state index contributed by atoms with van der Waals surface area (Å²) < 4.78 is 37.8. The second kappa shape index (κ2) is 7.31. The van der Waals surface area contributed by atoms with Crippen molar-refractivity contribution >= 4 is 17.5 Å². The fraction of sp³-hybridized carbons (Fsp3) is 0.389. The standard InChI is InChI=1S/C18H19F3N4O/c1-12-4-7-22-15(10-12)24-17(26)13-5-8-25(9-6-13)16-3-2-14(11-23-16)18(19,20)21/h2-4,7,10-11,13H,5-6,8-9H2,1H3,(H,22,24,26). The van der Waals surface area contributed by atoms with E-state index in [4.69, 9.17) is 0 Å². The highest BCUT2D eigenvalue weighted by Gasteiger charge is 2.31. The predicted octanol–water partition coefficient (Wildman–Crippen LogP) is 3.66. The Kier molecular flexibility index (Phi) is 5.11. The zero-order valence-corrected chi connectivity index (χ0v) is 14.3. The highest BCUT2D eigenvalue weighted by molar-refractivity contribution is 5.91. The first-order valence-electron chi connectivity index (χ1n) is 8.34. The van der Waals surface area contributed by atoms with Crippen molar-refractivity contribution in [2.45, 2.75) is 25.9 Å². The Balaban J connectivity index is 1.56. The van der Waals surface area contributed by atoms with Crippen molar-refractivity contribution in [3.8, 4) is 0 Å². The van der Waals surface area contributed by atoms with Crippen LogP contribution in [0.2, 0.25) is 0 Å². The molecule has 1 saturated heterocycles. The molecule has 5 nitrogen and oxygen atoms in total. The van der Waals surface area contributed by atoms with Gasteiger partial charge in [0.15, 0.2) is 0 Å². The Morgan fingerprint density at radius 2 is 1.92 bits per heavy atom. The average Bonchev–Trinajstić information content (AvgIpc) is 2.61. The number of carbonyl (C=O) groups excluding carboxylic acids is 1. The fourth-order valence-corrected chi connectivity index (χ4v) is 2.94. The molecular weight excluding hydrogens is 345 g/mol. The van der Waals surface area contributed by atoms with Gasteiger partial charge in [0.1, 0.15) is 11.6 Å². The highest BCUT2D eigenvalue weighted by Crippen LogP contribution is 2.30. The lowest BCUT2D eigenvalue weighted by molar-refractivity contribution is -0.137. The Bertz CT molecular complexity index is 769. The van der Waals surface area contributed by atoms with Crippen molar-refractivity contribution in [3.05, 3.63) is 47.8 Å². The van der Waals surface area contributed by atoms with Crippen LogP contribution in [0.5, 0.6) is 0 Å². The molecule has 1 fully saturated rings.